The van der Waals surface area contributed by atoms with Gasteiger partial charge in [0.15, 0.2) is 0 Å². The average Bonchev–Trinajstić information content (AvgIpc) is 3.30. The van der Waals surface area contributed by atoms with Gasteiger partial charge in [0.25, 0.3) is 12.3 Å². The maximum atomic E-state index is 13.7. The summed E-state index contributed by atoms with van der Waals surface area (Å²) in [5, 5.41) is 2.98. The number of ether oxygens (including phenoxy) is 3. The normalized spacial score (nSPS) is 17.6. The van der Waals surface area contributed by atoms with Gasteiger partial charge in [0.1, 0.15) is 19.1 Å². The molecule has 3 aromatic heterocycles. The van der Waals surface area contributed by atoms with E-state index in [1.807, 2.05) is 31.2 Å². The largest absolute Gasteiger partial charge is 0.475 e. The Balaban J connectivity index is 1.25. The van der Waals surface area contributed by atoms with Crippen LogP contribution in [0.25, 0.3) is 16.7 Å². The van der Waals surface area contributed by atoms with Crippen molar-refractivity contribution in [1.29, 1.82) is 0 Å². The highest BCUT2D eigenvalue weighted by atomic mass is 35.5. The highest BCUT2D eigenvalue weighted by molar-refractivity contribution is 6.30. The maximum absolute atomic E-state index is 13.7. The van der Waals surface area contributed by atoms with Gasteiger partial charge in [0.2, 0.25) is 5.88 Å². The van der Waals surface area contributed by atoms with Crippen molar-refractivity contribution in [2.24, 2.45) is 5.92 Å². The van der Waals surface area contributed by atoms with Crippen molar-refractivity contribution in [1.82, 2.24) is 24.4 Å². The van der Waals surface area contributed by atoms with Gasteiger partial charge in [0, 0.05) is 32.0 Å². The van der Waals surface area contributed by atoms with E-state index in [2.05, 4.69) is 15.3 Å². The molecule has 1 saturated carbocycles. The van der Waals surface area contributed by atoms with Crippen LogP contribution in [0.3, 0.4) is 0 Å². The number of nitrogens with zero attached hydrogens (tertiary/aromatic N) is 4. The van der Waals surface area contributed by atoms with Gasteiger partial charge >= 0.3 is 5.69 Å². The second-order valence-corrected chi connectivity index (χ2v) is 11.3. The molecule has 5 rings (SSSR count). The number of rotatable bonds is 12. The zero-order valence-corrected chi connectivity index (χ0v) is 25.2. The van der Waals surface area contributed by atoms with Gasteiger partial charge in [-0.3, -0.25) is 18.9 Å². The van der Waals surface area contributed by atoms with Gasteiger partial charge in [-0.15, -0.1) is 0 Å². The van der Waals surface area contributed by atoms with Crippen LogP contribution in [0, 0.1) is 5.92 Å². The number of halogens is 3. The number of hydrogen-bond donors (Lipinski definition) is 1. The topological polar surface area (TPSA) is 110 Å². The number of methoxy groups -OCH3 is 1. The second-order valence-electron chi connectivity index (χ2n) is 10.8. The molecule has 1 aromatic carbocycles. The van der Waals surface area contributed by atoms with E-state index in [0.717, 1.165) is 30.1 Å². The highest BCUT2D eigenvalue weighted by Gasteiger charge is 2.27. The fraction of sp³-hybridized carbons (Fsp3) is 0.419. The molecule has 0 bridgehead atoms. The predicted molar refractivity (Wildman–Crippen MR) is 161 cm³/mol. The van der Waals surface area contributed by atoms with E-state index in [-0.39, 0.29) is 41.1 Å². The molecule has 0 saturated heterocycles. The van der Waals surface area contributed by atoms with Crippen LogP contribution in [0.4, 0.5) is 8.78 Å². The monoisotopic (exact) mass is 629 g/mol. The molecule has 0 aliphatic heterocycles. The Morgan fingerprint density at radius 1 is 1.09 bits per heavy atom. The van der Waals surface area contributed by atoms with Gasteiger partial charge in [-0.05, 0) is 62.8 Å². The van der Waals surface area contributed by atoms with Crippen LogP contribution in [0.5, 0.6) is 5.88 Å². The van der Waals surface area contributed by atoms with Crippen molar-refractivity contribution < 1.29 is 27.8 Å². The molecule has 0 spiro atoms. The van der Waals surface area contributed by atoms with Crippen LogP contribution in [-0.4, -0.2) is 57.7 Å². The molecule has 0 radical (unpaired) electrons. The van der Waals surface area contributed by atoms with Crippen LogP contribution in [0.15, 0.2) is 59.7 Å². The minimum atomic E-state index is -2.89. The Bertz CT molecular complexity index is 1640. The lowest BCUT2D eigenvalue weighted by molar-refractivity contribution is -0.0771. The van der Waals surface area contributed by atoms with Crippen molar-refractivity contribution >= 4 is 28.5 Å². The molecular weight excluding hydrogens is 596 g/mol. The van der Waals surface area contributed by atoms with E-state index >= 15 is 0 Å². The number of pyridine rings is 2. The number of carbonyl (C=O) groups is 1. The number of imidazole rings is 1. The van der Waals surface area contributed by atoms with Crippen molar-refractivity contribution in [2.45, 2.75) is 57.7 Å². The lowest BCUT2D eigenvalue weighted by Crippen LogP contribution is -2.39. The van der Waals surface area contributed by atoms with Gasteiger partial charge in [-0.1, -0.05) is 23.7 Å². The summed E-state index contributed by atoms with van der Waals surface area (Å²) in [7, 11) is 1.55. The summed E-state index contributed by atoms with van der Waals surface area (Å²) >= 11 is 5.91. The van der Waals surface area contributed by atoms with Crippen LogP contribution < -0.4 is 15.7 Å². The third-order valence-corrected chi connectivity index (χ3v) is 7.92. The number of aromatic nitrogens is 4. The Kier molecular flexibility index (Phi) is 10.2. The van der Waals surface area contributed by atoms with Gasteiger partial charge in [0.05, 0.1) is 39.6 Å². The summed E-state index contributed by atoms with van der Waals surface area (Å²) in [4.78, 5) is 34.6. The van der Waals surface area contributed by atoms with Gasteiger partial charge < -0.3 is 19.5 Å². The number of hydrogen-bond acceptors (Lipinski definition) is 7. The first kappa shape index (κ1) is 31.6. The number of amides is 1. The number of nitrogens with one attached hydrogen (secondary N) is 1. The molecule has 1 atom stereocenters. The third-order valence-electron chi connectivity index (χ3n) is 7.71. The molecule has 1 N–H and O–H groups in total. The lowest BCUT2D eigenvalue weighted by Gasteiger charge is -2.29. The van der Waals surface area contributed by atoms with E-state index < -0.39 is 18.0 Å². The standard InChI is InChI=1S/C31H34ClF2N5O5/c1-19(44-18-42-2)17-43-27-12-11-23(15-35-27)39-26-6-4-3-5-25(26)38(31(39)41)16-20-7-9-22(10-8-20)37-30(40)24-13-21(32)14-36-28(24)29(33)34/h3-6,11-15,19-20,22,29H,7-10,16-18H2,1-2H3,(H,37,40). The first-order valence-corrected chi connectivity index (χ1v) is 14.8. The number of alkyl halides is 2. The molecule has 13 heteroatoms. The highest BCUT2D eigenvalue weighted by Crippen LogP contribution is 2.29. The Morgan fingerprint density at radius 3 is 2.52 bits per heavy atom. The second kappa shape index (κ2) is 14.3. The van der Waals surface area contributed by atoms with Crippen molar-refractivity contribution in [2.75, 3.05) is 20.5 Å². The molecule has 1 aliphatic carbocycles. The Morgan fingerprint density at radius 2 is 1.84 bits per heavy atom. The number of para-hydroxylation sites is 2. The molecule has 1 aliphatic rings. The summed E-state index contributed by atoms with van der Waals surface area (Å²) in [6, 6.07) is 12.2. The molecule has 234 valence electrons. The molecule has 3 heterocycles. The van der Waals surface area contributed by atoms with E-state index in [1.165, 1.54) is 6.07 Å². The zero-order chi connectivity index (χ0) is 31.2. The fourth-order valence-corrected chi connectivity index (χ4v) is 5.63. The molecule has 10 nitrogen and oxygen atoms in total. The Labute approximate surface area is 257 Å². The number of benzene rings is 1. The van der Waals surface area contributed by atoms with Gasteiger partial charge in [-0.25, -0.2) is 18.6 Å². The lowest BCUT2D eigenvalue weighted by atomic mass is 9.85. The van der Waals surface area contributed by atoms with Crippen molar-refractivity contribution in [3.05, 3.63) is 81.6 Å². The molecule has 1 amide bonds. The van der Waals surface area contributed by atoms with E-state index in [9.17, 15) is 18.4 Å². The molecular formula is C31H34ClF2N5O5. The first-order valence-electron chi connectivity index (χ1n) is 14.4. The zero-order valence-electron chi connectivity index (χ0n) is 24.4. The van der Waals surface area contributed by atoms with Crippen LogP contribution >= 0.6 is 11.6 Å². The predicted octanol–water partition coefficient (Wildman–Crippen LogP) is 5.55. The molecule has 1 unspecified atom stereocenters. The van der Waals surface area contributed by atoms with E-state index in [1.54, 1.807) is 34.6 Å². The summed E-state index contributed by atoms with van der Waals surface area (Å²) < 4.78 is 46.2. The van der Waals surface area contributed by atoms with Crippen LogP contribution in [-0.2, 0) is 16.0 Å². The summed E-state index contributed by atoms with van der Waals surface area (Å²) in [6.45, 7) is 2.85. The fourth-order valence-electron chi connectivity index (χ4n) is 5.48. The number of fused-ring (bicyclic) bond motifs is 1. The van der Waals surface area contributed by atoms with E-state index in [0.29, 0.717) is 37.6 Å². The maximum Gasteiger partial charge on any atom is 0.333 e. The molecule has 1 fully saturated rings. The van der Waals surface area contributed by atoms with Gasteiger partial charge in [-0.2, -0.15) is 0 Å². The van der Waals surface area contributed by atoms with Crippen LogP contribution in [0.2, 0.25) is 5.02 Å². The van der Waals surface area contributed by atoms with E-state index in [4.69, 9.17) is 25.8 Å². The van der Waals surface area contributed by atoms with Crippen molar-refractivity contribution in [3.8, 4) is 11.6 Å². The third kappa shape index (κ3) is 7.25. The molecule has 44 heavy (non-hydrogen) atoms. The average molecular weight is 630 g/mol. The Hall–Kier alpha value is -3.87. The number of carbonyl (C=O) groups excluding carboxylic acids is 1. The van der Waals surface area contributed by atoms with Crippen molar-refractivity contribution in [3.63, 3.8) is 0 Å². The SMILES string of the molecule is COCOC(C)COc1ccc(-n2c(=O)n(CC3CCC(NC(=O)c4cc(Cl)cnc4C(F)F)CC3)c3ccccc32)cn1. The summed E-state index contributed by atoms with van der Waals surface area (Å²) in [6.07, 6.45) is 2.47. The minimum Gasteiger partial charge on any atom is -0.475 e. The summed E-state index contributed by atoms with van der Waals surface area (Å²) in [5.41, 5.74) is 1.22. The van der Waals surface area contributed by atoms with Crippen LogP contribution in [0.1, 0.15) is 55.1 Å². The molecule has 4 aromatic rings. The minimum absolute atomic E-state index is 0.117. The quantitative estimate of drug-likeness (QED) is 0.205. The smallest absolute Gasteiger partial charge is 0.333 e. The summed E-state index contributed by atoms with van der Waals surface area (Å²) in [5.74, 6) is -0.00268. The first-order chi connectivity index (χ1) is 21.2.